The van der Waals surface area contributed by atoms with Crippen molar-refractivity contribution in [2.45, 2.75) is 0 Å². The van der Waals surface area contributed by atoms with E-state index in [0.29, 0.717) is 0 Å². The molecule has 0 saturated heterocycles. The Bertz CT molecular complexity index is 526. The Hall–Kier alpha value is -2.38. The quantitative estimate of drug-likeness (QED) is 0.449. The molecule has 3 nitrogen and oxygen atoms in total. The second kappa shape index (κ2) is 5.64. The van der Waals surface area contributed by atoms with Crippen LogP contribution < -0.4 is 4.74 Å². The minimum Gasteiger partial charge on any atom is -0.497 e. The van der Waals surface area contributed by atoms with Crippen molar-refractivity contribution in [1.82, 2.24) is 0 Å². The smallest absolute Gasteiger partial charge is 0.338 e. The molecular weight excluding hydrogens is 212 g/mol. The molecule has 0 heterocycles. The fourth-order valence-electron chi connectivity index (χ4n) is 1.35. The van der Waals surface area contributed by atoms with Crippen molar-refractivity contribution < 1.29 is 9.53 Å². The number of methoxy groups -OCH3 is 1. The Balaban J connectivity index is 2.12. The van der Waals surface area contributed by atoms with E-state index in [1.54, 1.807) is 13.3 Å². The Morgan fingerprint density at radius 3 is 2.35 bits per heavy atom. The molecule has 2 rings (SSSR count). The third-order valence-corrected chi connectivity index (χ3v) is 2.25. The van der Waals surface area contributed by atoms with Crippen LogP contribution in [0.15, 0.2) is 59.7 Å². The lowest BCUT2D eigenvalue weighted by Crippen LogP contribution is -1.84. The summed E-state index contributed by atoms with van der Waals surface area (Å²) < 4.78 is 5.08. The highest BCUT2D eigenvalue weighted by Crippen LogP contribution is 2.10. The van der Waals surface area contributed by atoms with E-state index in [2.05, 4.69) is 9.90 Å². The molecule has 0 aromatic heterocycles. The summed E-state index contributed by atoms with van der Waals surface area (Å²) in [5.74, 6) is 0.835. The summed E-state index contributed by atoms with van der Waals surface area (Å²) in [6.07, 6.45) is 1.71. The lowest BCUT2D eigenvalue weighted by Gasteiger charge is -1.95. The predicted octanol–water partition coefficient (Wildman–Crippen LogP) is 3.11. The Kier molecular flexibility index (Phi) is 3.68. The molecule has 0 bridgehead atoms. The van der Waals surface area contributed by atoms with Crippen LogP contribution in [0.1, 0.15) is 5.56 Å². The van der Waals surface area contributed by atoms with Gasteiger partial charge < -0.3 is 4.74 Å². The van der Waals surface area contributed by atoms with E-state index in [1.165, 1.54) is 0 Å². The average Bonchev–Trinajstić information content (AvgIpc) is 2.41. The van der Waals surface area contributed by atoms with Crippen molar-refractivity contribution >= 4 is 11.9 Å². The van der Waals surface area contributed by atoms with E-state index in [4.69, 9.17) is 4.74 Å². The summed E-state index contributed by atoms with van der Waals surface area (Å²) in [5, 5.41) is 4.08. The Morgan fingerprint density at radius 2 is 1.71 bits per heavy atom. The summed E-state index contributed by atoms with van der Waals surface area (Å²) >= 11 is 0. The first-order valence-electron chi connectivity index (χ1n) is 5.31. The van der Waals surface area contributed by atoms with Gasteiger partial charge in [0, 0.05) is 0 Å². The molecule has 17 heavy (non-hydrogen) atoms. The molecule has 2 aromatic carbocycles. The second-order valence-corrected chi connectivity index (χ2v) is 3.45. The van der Waals surface area contributed by atoms with Gasteiger partial charge in [-0.05, 0) is 36.4 Å². The Labute approximate surface area is 100 Å². The van der Waals surface area contributed by atoms with Crippen LogP contribution in [0.4, 0.5) is 5.69 Å². The first kappa shape index (κ1) is 11.1. The number of hydrogen-bond donors (Lipinski definition) is 0. The lowest BCUT2D eigenvalue weighted by molar-refractivity contribution is -0.0688. The third-order valence-electron chi connectivity index (χ3n) is 2.25. The third kappa shape index (κ3) is 3.30. The molecule has 0 atom stereocenters. The van der Waals surface area contributed by atoms with Gasteiger partial charge in [-0.3, -0.25) is 0 Å². The van der Waals surface area contributed by atoms with Gasteiger partial charge in [-0.15, -0.1) is 0 Å². The Morgan fingerprint density at radius 1 is 1.00 bits per heavy atom. The molecule has 0 amide bonds. The first-order chi connectivity index (χ1) is 8.38. The predicted molar refractivity (Wildman–Crippen MR) is 67.0 cm³/mol. The first-order valence-corrected chi connectivity index (χ1v) is 5.31. The zero-order chi connectivity index (χ0) is 11.9. The monoisotopic (exact) mass is 225 g/mol. The van der Waals surface area contributed by atoms with Gasteiger partial charge in [0.2, 0.25) is 0 Å². The van der Waals surface area contributed by atoms with Crippen molar-refractivity contribution in [3.05, 3.63) is 60.2 Å². The second-order valence-electron chi connectivity index (χ2n) is 3.45. The molecule has 0 aliphatic rings. The van der Waals surface area contributed by atoms with Crippen molar-refractivity contribution in [1.29, 1.82) is 0 Å². The van der Waals surface area contributed by atoms with Gasteiger partial charge in [0.05, 0.1) is 17.5 Å². The summed E-state index contributed by atoms with van der Waals surface area (Å²) in [7, 11) is 1.65. The largest absolute Gasteiger partial charge is 0.497 e. The molecule has 0 aliphatic heterocycles. The van der Waals surface area contributed by atoms with Crippen LogP contribution in [0.5, 0.6) is 5.75 Å². The van der Waals surface area contributed by atoms with E-state index in [1.807, 2.05) is 54.6 Å². The standard InChI is InChI=1S/C14H13N2O/c1-17-14-9-7-12(8-10-14)11-15-16-13-5-3-2-4-6-13/h2-11H,1H3/q+1. The van der Waals surface area contributed by atoms with E-state index in [9.17, 15) is 0 Å². The van der Waals surface area contributed by atoms with Gasteiger partial charge in [0.25, 0.3) is 0 Å². The van der Waals surface area contributed by atoms with Crippen molar-refractivity contribution in [2.24, 2.45) is 5.11 Å². The average molecular weight is 225 g/mol. The highest BCUT2D eigenvalue weighted by Gasteiger charge is 1.96. The number of benzene rings is 2. The molecule has 0 spiro atoms. The SMILES string of the molecule is COc1ccc(C=[N+]=Nc2ccccc2)cc1. The van der Waals surface area contributed by atoms with Crippen LogP contribution in [0, 0.1) is 0 Å². The van der Waals surface area contributed by atoms with Gasteiger partial charge in [0.1, 0.15) is 16.6 Å². The van der Waals surface area contributed by atoms with Crippen molar-refractivity contribution in [3.63, 3.8) is 0 Å². The molecule has 0 radical (unpaired) electrons. The summed E-state index contributed by atoms with van der Waals surface area (Å²) in [4.78, 5) is 4.03. The van der Waals surface area contributed by atoms with Crippen molar-refractivity contribution in [2.75, 3.05) is 7.11 Å². The molecule has 3 heteroatoms. The summed E-state index contributed by atoms with van der Waals surface area (Å²) in [6.45, 7) is 0. The normalized spacial score (nSPS) is 9.24. The zero-order valence-electron chi connectivity index (χ0n) is 9.58. The van der Waals surface area contributed by atoms with Gasteiger partial charge in [-0.2, -0.15) is 0 Å². The van der Waals surface area contributed by atoms with Crippen molar-refractivity contribution in [3.8, 4) is 5.75 Å². The number of nitrogens with zero attached hydrogens (tertiary/aromatic N) is 2. The van der Waals surface area contributed by atoms with Crippen LogP contribution >= 0.6 is 0 Å². The van der Waals surface area contributed by atoms with E-state index < -0.39 is 0 Å². The molecule has 84 valence electrons. The molecule has 0 saturated carbocycles. The van der Waals surface area contributed by atoms with Gasteiger partial charge in [-0.25, -0.2) is 0 Å². The fraction of sp³-hybridized carbons (Fsp3) is 0.0714. The van der Waals surface area contributed by atoms with Crippen LogP contribution in [0.3, 0.4) is 0 Å². The molecule has 2 aromatic rings. The molecule has 0 aliphatic carbocycles. The molecule has 0 N–H and O–H groups in total. The summed E-state index contributed by atoms with van der Waals surface area (Å²) in [5.41, 5.74) is 1.84. The number of rotatable bonds is 3. The fourth-order valence-corrected chi connectivity index (χ4v) is 1.35. The molecular formula is C14H13N2O+. The van der Waals surface area contributed by atoms with Crippen LogP contribution in [-0.2, 0) is 0 Å². The number of hydrogen-bond acceptors (Lipinski definition) is 2. The summed E-state index contributed by atoms with van der Waals surface area (Å²) in [6, 6.07) is 17.3. The highest BCUT2D eigenvalue weighted by atomic mass is 16.5. The zero-order valence-corrected chi connectivity index (χ0v) is 9.58. The maximum atomic E-state index is 5.08. The van der Waals surface area contributed by atoms with Gasteiger partial charge >= 0.3 is 6.21 Å². The van der Waals surface area contributed by atoms with Gasteiger partial charge in [0.15, 0.2) is 0 Å². The lowest BCUT2D eigenvalue weighted by atomic mass is 10.2. The van der Waals surface area contributed by atoms with Crippen LogP contribution in [0.25, 0.3) is 0 Å². The molecule has 0 fully saturated rings. The molecule has 0 unspecified atom stereocenters. The maximum absolute atomic E-state index is 5.08. The minimum absolute atomic E-state index is 0.835. The number of ether oxygens (including phenoxy) is 1. The maximum Gasteiger partial charge on any atom is 0.338 e. The van der Waals surface area contributed by atoms with E-state index in [0.717, 1.165) is 17.0 Å². The van der Waals surface area contributed by atoms with Crippen LogP contribution in [-0.4, -0.2) is 18.1 Å². The van der Waals surface area contributed by atoms with E-state index in [-0.39, 0.29) is 0 Å². The topological polar surface area (TPSA) is 35.7 Å². The van der Waals surface area contributed by atoms with E-state index >= 15 is 0 Å². The highest BCUT2D eigenvalue weighted by molar-refractivity contribution is 5.75. The van der Waals surface area contributed by atoms with Gasteiger partial charge in [-0.1, -0.05) is 18.2 Å². The van der Waals surface area contributed by atoms with Crippen LogP contribution in [0.2, 0.25) is 0 Å². The minimum atomic E-state index is 0.835.